The minimum absolute atomic E-state index is 0.174. The van der Waals surface area contributed by atoms with Gasteiger partial charge < -0.3 is 14.6 Å². The van der Waals surface area contributed by atoms with Gasteiger partial charge in [0.1, 0.15) is 6.10 Å². The molecule has 0 rings (SSSR count). The standard InChI is InChI=1S/C37H70O4/c1-3-5-7-9-11-13-15-17-19-20-22-24-26-28-30-32-37(39)41-36(34-38)35-40-33-31-29-27-25-23-21-18-16-14-12-10-8-6-4-2/h11,13,17,19,36,38H,3-10,12,14-16,18,20-35H2,1-2H3/b13-11-,19-17-. The SMILES string of the molecule is CCCCC/C=C\C/C=C\CCCCCCCC(=O)OC(CO)COCCCCCCCCCCCCCCCC. The fourth-order valence-corrected chi connectivity index (χ4v) is 5.06. The lowest BCUT2D eigenvalue weighted by Crippen LogP contribution is -2.27. The average Bonchev–Trinajstić information content (AvgIpc) is 2.98. The summed E-state index contributed by atoms with van der Waals surface area (Å²) < 4.78 is 11.1. The van der Waals surface area contributed by atoms with Gasteiger partial charge in [-0.05, 0) is 44.9 Å². The fourth-order valence-electron chi connectivity index (χ4n) is 5.06. The van der Waals surface area contributed by atoms with Gasteiger partial charge in [-0.1, -0.05) is 154 Å². The molecule has 0 aliphatic carbocycles. The van der Waals surface area contributed by atoms with Crippen molar-refractivity contribution in [2.24, 2.45) is 0 Å². The first-order chi connectivity index (χ1) is 20.2. The van der Waals surface area contributed by atoms with E-state index in [9.17, 15) is 9.90 Å². The number of aliphatic hydroxyl groups excluding tert-OH is 1. The van der Waals surface area contributed by atoms with Crippen LogP contribution >= 0.6 is 0 Å². The molecule has 0 radical (unpaired) electrons. The van der Waals surface area contributed by atoms with Crippen molar-refractivity contribution in [2.75, 3.05) is 19.8 Å². The van der Waals surface area contributed by atoms with E-state index in [4.69, 9.17) is 9.47 Å². The summed E-state index contributed by atoms with van der Waals surface area (Å²) >= 11 is 0. The van der Waals surface area contributed by atoms with Crippen LogP contribution in [0.5, 0.6) is 0 Å². The fraction of sp³-hybridized carbons (Fsp3) is 0.865. The lowest BCUT2D eigenvalue weighted by molar-refractivity contribution is -0.154. The van der Waals surface area contributed by atoms with Crippen LogP contribution in [0.1, 0.15) is 181 Å². The second kappa shape index (κ2) is 35.1. The second-order valence-corrected chi connectivity index (χ2v) is 11.9. The number of carbonyl (C=O) groups excluding carboxylic acids is 1. The van der Waals surface area contributed by atoms with Crippen molar-refractivity contribution >= 4 is 5.97 Å². The van der Waals surface area contributed by atoms with Crippen molar-refractivity contribution < 1.29 is 19.4 Å². The molecule has 1 unspecified atom stereocenters. The molecule has 0 spiro atoms. The zero-order valence-electron chi connectivity index (χ0n) is 27.6. The van der Waals surface area contributed by atoms with Gasteiger partial charge in [-0.3, -0.25) is 4.79 Å². The quantitative estimate of drug-likeness (QED) is 0.0478. The summed E-state index contributed by atoms with van der Waals surface area (Å²) in [5.74, 6) is -0.213. The van der Waals surface area contributed by atoms with E-state index < -0.39 is 6.10 Å². The molecular formula is C37H70O4. The molecule has 4 nitrogen and oxygen atoms in total. The van der Waals surface area contributed by atoms with E-state index >= 15 is 0 Å². The third kappa shape index (κ3) is 33.2. The molecule has 1 N–H and O–H groups in total. The minimum Gasteiger partial charge on any atom is -0.457 e. The summed E-state index contributed by atoms with van der Waals surface area (Å²) in [5, 5.41) is 9.54. The molecule has 0 aromatic heterocycles. The Morgan fingerprint density at radius 1 is 0.585 bits per heavy atom. The monoisotopic (exact) mass is 579 g/mol. The molecule has 1 atom stereocenters. The molecule has 41 heavy (non-hydrogen) atoms. The van der Waals surface area contributed by atoms with Crippen molar-refractivity contribution in [3.8, 4) is 0 Å². The van der Waals surface area contributed by atoms with Gasteiger partial charge in [-0.25, -0.2) is 0 Å². The molecule has 0 aliphatic rings. The van der Waals surface area contributed by atoms with Gasteiger partial charge in [-0.15, -0.1) is 0 Å². The van der Waals surface area contributed by atoms with Crippen LogP contribution in [-0.4, -0.2) is 37.0 Å². The Morgan fingerprint density at radius 2 is 1.02 bits per heavy atom. The van der Waals surface area contributed by atoms with Gasteiger partial charge in [0.05, 0.1) is 13.2 Å². The summed E-state index contributed by atoms with van der Waals surface area (Å²) in [4.78, 5) is 12.1. The molecule has 0 aromatic carbocycles. The molecule has 4 heteroatoms. The van der Waals surface area contributed by atoms with Gasteiger partial charge in [0, 0.05) is 13.0 Å². The number of hydrogen-bond donors (Lipinski definition) is 1. The summed E-state index contributed by atoms with van der Waals surface area (Å²) in [6, 6.07) is 0. The molecule has 0 saturated heterocycles. The van der Waals surface area contributed by atoms with Gasteiger partial charge in [-0.2, -0.15) is 0 Å². The zero-order chi connectivity index (χ0) is 29.9. The van der Waals surface area contributed by atoms with E-state index in [1.807, 2.05) is 0 Å². The first-order valence-corrected chi connectivity index (χ1v) is 17.9. The highest BCUT2D eigenvalue weighted by Crippen LogP contribution is 2.13. The van der Waals surface area contributed by atoms with Crippen LogP contribution < -0.4 is 0 Å². The maximum absolute atomic E-state index is 12.1. The molecule has 0 amide bonds. The Labute approximate surface area is 256 Å². The molecule has 0 aliphatic heterocycles. The smallest absolute Gasteiger partial charge is 0.306 e. The van der Waals surface area contributed by atoms with E-state index in [1.54, 1.807) is 0 Å². The van der Waals surface area contributed by atoms with Crippen LogP contribution in [0.15, 0.2) is 24.3 Å². The summed E-state index contributed by atoms with van der Waals surface area (Å²) in [6.07, 6.45) is 40.6. The highest BCUT2D eigenvalue weighted by atomic mass is 16.6. The van der Waals surface area contributed by atoms with Crippen LogP contribution in [0, 0.1) is 0 Å². The normalized spacial score (nSPS) is 12.6. The lowest BCUT2D eigenvalue weighted by Gasteiger charge is -2.15. The largest absolute Gasteiger partial charge is 0.457 e. The maximum atomic E-state index is 12.1. The summed E-state index contributed by atoms with van der Waals surface area (Å²) in [6.45, 7) is 5.32. The second-order valence-electron chi connectivity index (χ2n) is 11.9. The molecule has 0 heterocycles. The lowest BCUT2D eigenvalue weighted by atomic mass is 10.0. The van der Waals surface area contributed by atoms with E-state index in [2.05, 4.69) is 38.2 Å². The van der Waals surface area contributed by atoms with Crippen molar-refractivity contribution in [1.29, 1.82) is 0 Å². The highest BCUT2D eigenvalue weighted by molar-refractivity contribution is 5.69. The third-order valence-corrected chi connectivity index (χ3v) is 7.78. The predicted octanol–water partition coefficient (Wildman–Crippen LogP) is 11.2. The Hall–Kier alpha value is -1.13. The van der Waals surface area contributed by atoms with Crippen molar-refractivity contribution in [3.63, 3.8) is 0 Å². The third-order valence-electron chi connectivity index (χ3n) is 7.78. The number of unbranched alkanes of at least 4 members (excludes halogenated alkanes) is 21. The van der Waals surface area contributed by atoms with Crippen LogP contribution in [0.3, 0.4) is 0 Å². The topological polar surface area (TPSA) is 55.8 Å². The average molecular weight is 579 g/mol. The molecule has 0 aromatic rings. The number of esters is 1. The Balaban J connectivity index is 3.45. The summed E-state index contributed by atoms with van der Waals surface area (Å²) in [5.41, 5.74) is 0. The number of hydrogen-bond acceptors (Lipinski definition) is 4. The first-order valence-electron chi connectivity index (χ1n) is 17.9. The van der Waals surface area contributed by atoms with E-state index in [-0.39, 0.29) is 12.6 Å². The number of allylic oxidation sites excluding steroid dienone is 4. The van der Waals surface area contributed by atoms with Crippen LogP contribution in [-0.2, 0) is 14.3 Å². The van der Waals surface area contributed by atoms with Crippen molar-refractivity contribution in [3.05, 3.63) is 24.3 Å². The molecule has 0 saturated carbocycles. The molecule has 242 valence electrons. The van der Waals surface area contributed by atoms with Gasteiger partial charge in [0.25, 0.3) is 0 Å². The van der Waals surface area contributed by atoms with E-state index in [1.165, 1.54) is 122 Å². The maximum Gasteiger partial charge on any atom is 0.306 e. The summed E-state index contributed by atoms with van der Waals surface area (Å²) in [7, 11) is 0. The van der Waals surface area contributed by atoms with Crippen LogP contribution in [0.2, 0.25) is 0 Å². The van der Waals surface area contributed by atoms with E-state index in [0.29, 0.717) is 19.6 Å². The number of ether oxygens (including phenoxy) is 2. The van der Waals surface area contributed by atoms with Gasteiger partial charge in [0.15, 0.2) is 0 Å². The Morgan fingerprint density at radius 3 is 1.56 bits per heavy atom. The molecular weight excluding hydrogens is 508 g/mol. The molecule has 0 bridgehead atoms. The predicted molar refractivity (Wildman–Crippen MR) is 177 cm³/mol. The van der Waals surface area contributed by atoms with Crippen LogP contribution in [0.4, 0.5) is 0 Å². The highest BCUT2D eigenvalue weighted by Gasteiger charge is 2.13. The number of aliphatic hydroxyl groups is 1. The van der Waals surface area contributed by atoms with Gasteiger partial charge in [0.2, 0.25) is 0 Å². The number of rotatable bonds is 33. The minimum atomic E-state index is -0.535. The van der Waals surface area contributed by atoms with Crippen LogP contribution in [0.25, 0.3) is 0 Å². The Bertz CT molecular complexity index is 571. The first kappa shape index (κ1) is 39.9. The van der Waals surface area contributed by atoms with E-state index in [0.717, 1.165) is 38.5 Å². The zero-order valence-corrected chi connectivity index (χ0v) is 27.6. The number of carbonyl (C=O) groups is 1. The molecule has 0 fully saturated rings. The Kier molecular flexibility index (Phi) is 34.1. The van der Waals surface area contributed by atoms with Crippen molar-refractivity contribution in [1.82, 2.24) is 0 Å². The van der Waals surface area contributed by atoms with Crippen molar-refractivity contribution in [2.45, 2.75) is 187 Å². The van der Waals surface area contributed by atoms with Gasteiger partial charge >= 0.3 is 5.97 Å².